The van der Waals surface area contributed by atoms with Crippen LogP contribution in [0.15, 0.2) is 22.7 Å². The van der Waals surface area contributed by atoms with Crippen LogP contribution in [0.5, 0.6) is 5.75 Å². The number of halogens is 1. The lowest BCUT2D eigenvalue weighted by atomic mass is 9.84. The van der Waals surface area contributed by atoms with Gasteiger partial charge in [-0.2, -0.15) is 17.4 Å². The number of morpholine rings is 1. The van der Waals surface area contributed by atoms with Gasteiger partial charge in [0.15, 0.2) is 0 Å². The molecule has 3 aliphatic rings. The number of hydrogen-bond acceptors (Lipinski definition) is 5. The molecule has 0 bridgehead atoms. The number of nitrogens with one attached hydrogen (secondary N) is 1. The Bertz CT molecular complexity index is 870. The van der Waals surface area contributed by atoms with E-state index in [9.17, 15) is 8.42 Å². The lowest BCUT2D eigenvalue weighted by Crippen LogP contribution is -2.50. The molecule has 1 aromatic rings. The molecular formula is C24H38BrN3O4S. The van der Waals surface area contributed by atoms with Crippen molar-refractivity contribution in [3.63, 3.8) is 0 Å². The Hall–Kier alpha value is -0.710. The molecule has 4 rings (SSSR count). The number of methoxy groups -OCH3 is 1. The highest BCUT2D eigenvalue weighted by Gasteiger charge is 2.30. The fraction of sp³-hybridized carbons (Fsp3) is 0.750. The third-order valence-electron chi connectivity index (χ3n) is 7.46. The first-order chi connectivity index (χ1) is 15.9. The minimum atomic E-state index is -3.38. The second kappa shape index (κ2) is 11.8. The van der Waals surface area contributed by atoms with Gasteiger partial charge in [-0.15, -0.1) is 0 Å². The van der Waals surface area contributed by atoms with E-state index in [1.54, 1.807) is 7.11 Å². The Kier molecular flexibility index (Phi) is 9.09. The lowest BCUT2D eigenvalue weighted by Gasteiger charge is -2.32. The van der Waals surface area contributed by atoms with E-state index in [4.69, 9.17) is 9.47 Å². The summed E-state index contributed by atoms with van der Waals surface area (Å²) in [5.74, 6) is 2.32. The van der Waals surface area contributed by atoms with E-state index in [-0.39, 0.29) is 6.04 Å². The predicted molar refractivity (Wildman–Crippen MR) is 134 cm³/mol. The Morgan fingerprint density at radius 1 is 1.09 bits per heavy atom. The monoisotopic (exact) mass is 543 g/mol. The third-order valence-corrected chi connectivity index (χ3v) is 9.91. The van der Waals surface area contributed by atoms with Gasteiger partial charge >= 0.3 is 0 Å². The number of rotatable bonds is 9. The first kappa shape index (κ1) is 25.4. The zero-order valence-electron chi connectivity index (χ0n) is 19.7. The predicted octanol–water partition coefficient (Wildman–Crippen LogP) is 3.44. The zero-order chi connectivity index (χ0) is 23.3. The van der Waals surface area contributed by atoms with E-state index in [1.165, 1.54) is 40.3 Å². The minimum absolute atomic E-state index is 0.0755. The summed E-state index contributed by atoms with van der Waals surface area (Å²) in [5, 5.41) is 0. The van der Waals surface area contributed by atoms with Crippen LogP contribution in [0.1, 0.15) is 44.1 Å². The van der Waals surface area contributed by atoms with Crippen LogP contribution in [0.2, 0.25) is 0 Å². The molecule has 9 heteroatoms. The van der Waals surface area contributed by atoms with Gasteiger partial charge in [-0.3, -0.25) is 0 Å². The van der Waals surface area contributed by atoms with Crippen LogP contribution in [0.25, 0.3) is 0 Å². The van der Waals surface area contributed by atoms with E-state index < -0.39 is 10.2 Å². The third kappa shape index (κ3) is 7.15. The van der Waals surface area contributed by atoms with Gasteiger partial charge in [0, 0.05) is 30.1 Å². The first-order valence-corrected chi connectivity index (χ1v) is 14.6. The molecule has 1 saturated carbocycles. The normalized spacial score (nSPS) is 27.6. The summed E-state index contributed by atoms with van der Waals surface area (Å²) in [5.41, 5.74) is 1.33. The largest absolute Gasteiger partial charge is 0.497 e. The van der Waals surface area contributed by atoms with Crippen LogP contribution in [-0.2, 0) is 21.4 Å². The molecule has 7 nitrogen and oxygen atoms in total. The van der Waals surface area contributed by atoms with E-state index in [1.807, 2.05) is 6.07 Å². The number of hydrogen-bond donors (Lipinski definition) is 1. The van der Waals surface area contributed by atoms with Crippen molar-refractivity contribution >= 4 is 26.1 Å². The van der Waals surface area contributed by atoms with Crippen molar-refractivity contribution in [2.45, 2.75) is 51.0 Å². The van der Waals surface area contributed by atoms with E-state index in [0.717, 1.165) is 44.4 Å². The second-order valence-corrected chi connectivity index (χ2v) is 12.3. The second-order valence-electron chi connectivity index (χ2n) is 9.76. The molecular weight excluding hydrogens is 506 g/mol. The van der Waals surface area contributed by atoms with E-state index in [2.05, 4.69) is 37.7 Å². The van der Waals surface area contributed by atoms with Gasteiger partial charge in [0.2, 0.25) is 0 Å². The van der Waals surface area contributed by atoms with Crippen molar-refractivity contribution in [1.29, 1.82) is 0 Å². The highest BCUT2D eigenvalue weighted by molar-refractivity contribution is 9.10. The Labute approximate surface area is 207 Å². The highest BCUT2D eigenvalue weighted by atomic mass is 79.9. The molecule has 0 spiro atoms. The van der Waals surface area contributed by atoms with Gasteiger partial charge in [0.25, 0.3) is 10.2 Å². The van der Waals surface area contributed by atoms with Gasteiger partial charge in [0.1, 0.15) is 5.75 Å². The van der Waals surface area contributed by atoms with Crippen molar-refractivity contribution in [3.05, 3.63) is 28.2 Å². The zero-order valence-corrected chi connectivity index (χ0v) is 22.1. The van der Waals surface area contributed by atoms with Crippen molar-refractivity contribution < 1.29 is 17.9 Å². The fourth-order valence-electron chi connectivity index (χ4n) is 5.43. The summed E-state index contributed by atoms with van der Waals surface area (Å²) in [6.07, 6.45) is 7.68. The van der Waals surface area contributed by atoms with Crippen LogP contribution in [0.3, 0.4) is 0 Å². The average molecular weight is 545 g/mol. The number of benzene rings is 1. The lowest BCUT2D eigenvalue weighted by molar-refractivity contribution is 0.0721. The summed E-state index contributed by atoms with van der Waals surface area (Å²) < 4.78 is 41.5. The molecule has 1 N–H and O–H groups in total. The molecule has 1 atom stereocenters. The smallest absolute Gasteiger partial charge is 0.279 e. The molecule has 33 heavy (non-hydrogen) atoms. The molecule has 2 saturated heterocycles. The van der Waals surface area contributed by atoms with Gasteiger partial charge < -0.3 is 14.4 Å². The summed E-state index contributed by atoms with van der Waals surface area (Å²) in [4.78, 5) is 2.62. The van der Waals surface area contributed by atoms with Crippen molar-refractivity contribution in [2.24, 2.45) is 11.8 Å². The molecule has 2 heterocycles. The average Bonchev–Trinajstić information content (AvgIpc) is 3.28. The summed E-state index contributed by atoms with van der Waals surface area (Å²) in [7, 11) is -1.66. The SMILES string of the molecule is COc1ccc(Br)c(CC2CCN(CCC3CCC(NS(=O)(=O)N4CCOCC4)CC3)C2)c1. The van der Waals surface area contributed by atoms with Gasteiger partial charge in [-0.05, 0) is 93.6 Å². The Balaban J connectivity index is 1.16. The van der Waals surface area contributed by atoms with Gasteiger partial charge in [0.05, 0.1) is 20.3 Å². The van der Waals surface area contributed by atoms with Crippen LogP contribution in [0.4, 0.5) is 0 Å². The quantitative estimate of drug-likeness (QED) is 0.516. The van der Waals surface area contributed by atoms with Crippen LogP contribution in [-0.4, -0.2) is 76.7 Å². The van der Waals surface area contributed by atoms with Gasteiger partial charge in [-0.1, -0.05) is 15.9 Å². The molecule has 0 radical (unpaired) electrons. The van der Waals surface area contributed by atoms with Crippen molar-refractivity contribution in [2.75, 3.05) is 53.0 Å². The number of ether oxygens (including phenoxy) is 2. The van der Waals surface area contributed by atoms with Crippen molar-refractivity contribution in [3.8, 4) is 5.75 Å². The Morgan fingerprint density at radius 3 is 2.58 bits per heavy atom. The molecule has 3 fully saturated rings. The highest BCUT2D eigenvalue weighted by Crippen LogP contribution is 2.31. The van der Waals surface area contributed by atoms with Crippen molar-refractivity contribution in [1.82, 2.24) is 13.9 Å². The Morgan fingerprint density at radius 2 is 1.85 bits per heavy atom. The fourth-order valence-corrected chi connectivity index (χ4v) is 7.28. The van der Waals surface area contributed by atoms with Crippen LogP contribution in [0, 0.1) is 11.8 Å². The number of likely N-dealkylation sites (tertiary alicyclic amines) is 1. The van der Waals surface area contributed by atoms with E-state index in [0.29, 0.717) is 38.1 Å². The molecule has 0 amide bonds. The summed E-state index contributed by atoms with van der Waals surface area (Å²) >= 11 is 3.69. The summed E-state index contributed by atoms with van der Waals surface area (Å²) in [6.45, 7) is 5.39. The molecule has 186 valence electrons. The standard InChI is InChI=1S/C24H38BrN3O4S/c1-31-23-6-7-24(25)21(17-23)16-20-9-11-27(18-20)10-8-19-2-4-22(5-3-19)26-33(29,30)28-12-14-32-15-13-28/h6-7,17,19-20,22,26H,2-5,8-16,18H2,1H3. The van der Waals surface area contributed by atoms with Gasteiger partial charge in [-0.25, -0.2) is 0 Å². The minimum Gasteiger partial charge on any atom is -0.497 e. The number of nitrogens with zero attached hydrogens (tertiary/aromatic N) is 2. The molecule has 0 aromatic heterocycles. The maximum absolute atomic E-state index is 12.6. The summed E-state index contributed by atoms with van der Waals surface area (Å²) in [6, 6.07) is 6.31. The molecule has 1 unspecified atom stereocenters. The van der Waals surface area contributed by atoms with Crippen LogP contribution < -0.4 is 9.46 Å². The molecule has 1 aromatic carbocycles. The maximum atomic E-state index is 12.6. The topological polar surface area (TPSA) is 71.1 Å². The van der Waals surface area contributed by atoms with Crippen LogP contribution >= 0.6 is 15.9 Å². The van der Waals surface area contributed by atoms with E-state index >= 15 is 0 Å². The first-order valence-electron chi connectivity index (χ1n) is 12.3. The molecule has 1 aliphatic carbocycles. The maximum Gasteiger partial charge on any atom is 0.279 e. The molecule has 2 aliphatic heterocycles.